The second-order valence-electron chi connectivity index (χ2n) is 6.51. The van der Waals surface area contributed by atoms with E-state index in [1.54, 1.807) is 0 Å². The molecule has 0 bridgehead atoms. The molecule has 100 valence electrons. The Kier molecular flexibility index (Phi) is 3.34. The summed E-state index contributed by atoms with van der Waals surface area (Å²) in [6.45, 7) is 9.37. The molecule has 1 aliphatic heterocycles. The van der Waals surface area contributed by atoms with Crippen molar-refractivity contribution in [2.24, 2.45) is 16.7 Å². The van der Waals surface area contributed by atoms with E-state index in [0.29, 0.717) is 6.61 Å². The van der Waals surface area contributed by atoms with Crippen molar-refractivity contribution in [3.63, 3.8) is 0 Å². The molecule has 2 heteroatoms. The third kappa shape index (κ3) is 1.73. The second kappa shape index (κ2) is 4.40. The monoisotopic (exact) mass is 248 g/mol. The van der Waals surface area contributed by atoms with Gasteiger partial charge in [0.2, 0.25) is 0 Å². The second-order valence-corrected chi connectivity index (χ2v) is 6.51. The van der Waals surface area contributed by atoms with E-state index in [-0.39, 0.29) is 22.9 Å². The molecule has 2 aliphatic rings. The summed E-state index contributed by atoms with van der Waals surface area (Å²) in [5, 5.41) is 10.3. The molecule has 2 rings (SSSR count). The fourth-order valence-corrected chi connectivity index (χ4v) is 4.23. The standard InChI is InChI=1S/C16H24O2/c1-6-11-10-18-13-8-9-15(3,4)14(12(17)7-2)16(11,13)5/h2,6,12-14,17H,8-10H2,1,3-5H3/b11-6+/t12-,13-,14-,16-/m1/s1. The van der Waals surface area contributed by atoms with Crippen LogP contribution < -0.4 is 0 Å². The Balaban J connectivity index is 2.50. The van der Waals surface area contributed by atoms with Gasteiger partial charge in [-0.3, -0.25) is 0 Å². The van der Waals surface area contributed by atoms with Crippen molar-refractivity contribution in [3.8, 4) is 12.3 Å². The van der Waals surface area contributed by atoms with Gasteiger partial charge >= 0.3 is 0 Å². The maximum atomic E-state index is 10.3. The average Bonchev–Trinajstić information content (AvgIpc) is 2.63. The van der Waals surface area contributed by atoms with Gasteiger partial charge in [0.1, 0.15) is 6.10 Å². The molecule has 0 aromatic carbocycles. The molecule has 4 atom stereocenters. The molecule has 2 nitrogen and oxygen atoms in total. The molecule has 0 aromatic rings. The first-order chi connectivity index (χ1) is 8.37. The van der Waals surface area contributed by atoms with Gasteiger partial charge in [0, 0.05) is 11.3 Å². The fraction of sp³-hybridized carbons (Fsp3) is 0.750. The molecule has 1 aliphatic carbocycles. The van der Waals surface area contributed by atoms with Crippen LogP contribution in [0.2, 0.25) is 0 Å². The van der Waals surface area contributed by atoms with Crippen LogP contribution in [0.3, 0.4) is 0 Å². The predicted molar refractivity (Wildman–Crippen MR) is 72.9 cm³/mol. The van der Waals surface area contributed by atoms with E-state index in [2.05, 4.69) is 32.8 Å². The minimum atomic E-state index is -0.704. The van der Waals surface area contributed by atoms with Crippen LogP contribution in [-0.4, -0.2) is 23.9 Å². The highest BCUT2D eigenvalue weighted by Gasteiger charge is 2.58. The number of fused-ring (bicyclic) bond motifs is 1. The van der Waals surface area contributed by atoms with Crippen molar-refractivity contribution >= 4 is 0 Å². The number of terminal acetylenes is 1. The molecule has 0 aromatic heterocycles. The molecule has 0 spiro atoms. The van der Waals surface area contributed by atoms with E-state index in [4.69, 9.17) is 11.2 Å². The maximum absolute atomic E-state index is 10.3. The van der Waals surface area contributed by atoms with Crippen LogP contribution in [-0.2, 0) is 4.74 Å². The Bertz CT molecular complexity index is 402. The van der Waals surface area contributed by atoms with E-state index in [1.165, 1.54) is 5.57 Å². The Morgan fingerprint density at radius 2 is 2.17 bits per heavy atom. The summed E-state index contributed by atoms with van der Waals surface area (Å²) in [7, 11) is 0. The zero-order valence-corrected chi connectivity index (χ0v) is 11.9. The van der Waals surface area contributed by atoms with Gasteiger partial charge in [0.15, 0.2) is 0 Å². The van der Waals surface area contributed by atoms with Gasteiger partial charge in [0.05, 0.1) is 12.7 Å². The van der Waals surface area contributed by atoms with Crippen molar-refractivity contribution in [2.75, 3.05) is 6.61 Å². The van der Waals surface area contributed by atoms with Crippen LogP contribution in [0.15, 0.2) is 11.6 Å². The smallest absolute Gasteiger partial charge is 0.118 e. The molecule has 0 amide bonds. The lowest BCUT2D eigenvalue weighted by molar-refractivity contribution is -0.0955. The molecule has 1 N–H and O–H groups in total. The SMILES string of the molecule is C#C[C@@H](O)[C@@H]1C(C)(C)CC[C@H]2OC/C(=C\C)[C@@]12C. The normalized spacial score (nSPS) is 42.3. The van der Waals surface area contributed by atoms with Crippen molar-refractivity contribution in [2.45, 2.75) is 52.7 Å². The third-order valence-electron chi connectivity index (χ3n) is 5.17. The van der Waals surface area contributed by atoms with Crippen molar-refractivity contribution in [1.82, 2.24) is 0 Å². The lowest BCUT2D eigenvalue weighted by Gasteiger charge is -2.52. The van der Waals surface area contributed by atoms with E-state index in [1.807, 2.05) is 6.92 Å². The Morgan fingerprint density at radius 1 is 1.50 bits per heavy atom. The van der Waals surface area contributed by atoms with Gasteiger partial charge < -0.3 is 9.84 Å². The van der Waals surface area contributed by atoms with Gasteiger partial charge in [0.25, 0.3) is 0 Å². The van der Waals surface area contributed by atoms with Gasteiger partial charge in [-0.15, -0.1) is 6.42 Å². The van der Waals surface area contributed by atoms with Crippen molar-refractivity contribution in [3.05, 3.63) is 11.6 Å². The number of allylic oxidation sites excluding steroid dienone is 1. The van der Waals surface area contributed by atoms with Crippen LogP contribution in [0, 0.1) is 29.1 Å². The van der Waals surface area contributed by atoms with Crippen LogP contribution in [0.5, 0.6) is 0 Å². The highest BCUT2D eigenvalue weighted by molar-refractivity contribution is 5.27. The van der Waals surface area contributed by atoms with Gasteiger partial charge in [-0.2, -0.15) is 0 Å². The predicted octanol–water partition coefficient (Wildman–Crippen LogP) is 2.77. The molecule has 2 fully saturated rings. The minimum Gasteiger partial charge on any atom is -0.380 e. The van der Waals surface area contributed by atoms with Crippen LogP contribution in [0.1, 0.15) is 40.5 Å². The summed E-state index contributed by atoms with van der Waals surface area (Å²) in [6.07, 6.45) is 9.22. The highest BCUT2D eigenvalue weighted by atomic mass is 16.5. The number of aliphatic hydroxyl groups is 1. The topological polar surface area (TPSA) is 29.5 Å². The molecule has 1 saturated heterocycles. The first-order valence-electron chi connectivity index (χ1n) is 6.79. The van der Waals surface area contributed by atoms with E-state index in [9.17, 15) is 5.11 Å². The zero-order chi connectivity index (χ0) is 13.6. The van der Waals surface area contributed by atoms with Crippen LogP contribution >= 0.6 is 0 Å². The average molecular weight is 248 g/mol. The number of rotatable bonds is 1. The van der Waals surface area contributed by atoms with E-state index in [0.717, 1.165) is 12.8 Å². The molecular weight excluding hydrogens is 224 g/mol. The summed E-state index contributed by atoms with van der Waals surface area (Å²) in [4.78, 5) is 0. The summed E-state index contributed by atoms with van der Waals surface area (Å²) < 4.78 is 5.93. The molecule has 0 unspecified atom stereocenters. The molecule has 0 radical (unpaired) electrons. The molecule has 1 saturated carbocycles. The minimum absolute atomic E-state index is 0.0407. The van der Waals surface area contributed by atoms with E-state index < -0.39 is 6.10 Å². The Morgan fingerprint density at radius 3 is 2.72 bits per heavy atom. The summed E-state index contributed by atoms with van der Waals surface area (Å²) in [6, 6.07) is 0. The first-order valence-corrected chi connectivity index (χ1v) is 6.79. The van der Waals surface area contributed by atoms with E-state index >= 15 is 0 Å². The largest absolute Gasteiger partial charge is 0.380 e. The quantitative estimate of drug-likeness (QED) is 0.571. The highest BCUT2D eigenvalue weighted by Crippen LogP contribution is 2.59. The van der Waals surface area contributed by atoms with Gasteiger partial charge in [-0.05, 0) is 30.8 Å². The van der Waals surface area contributed by atoms with Crippen LogP contribution in [0.4, 0.5) is 0 Å². The Hall–Kier alpha value is -0.780. The Labute approximate surface area is 110 Å². The van der Waals surface area contributed by atoms with Crippen molar-refractivity contribution in [1.29, 1.82) is 0 Å². The van der Waals surface area contributed by atoms with Crippen molar-refractivity contribution < 1.29 is 9.84 Å². The first kappa shape index (κ1) is 13.6. The molecule has 18 heavy (non-hydrogen) atoms. The van der Waals surface area contributed by atoms with Gasteiger partial charge in [-0.25, -0.2) is 0 Å². The number of hydrogen-bond donors (Lipinski definition) is 1. The lowest BCUT2D eigenvalue weighted by atomic mass is 9.52. The third-order valence-corrected chi connectivity index (χ3v) is 5.17. The summed E-state index contributed by atoms with van der Waals surface area (Å²) >= 11 is 0. The summed E-state index contributed by atoms with van der Waals surface area (Å²) in [5.41, 5.74) is 1.21. The van der Waals surface area contributed by atoms with Gasteiger partial charge in [-0.1, -0.05) is 32.8 Å². The zero-order valence-electron chi connectivity index (χ0n) is 11.9. The molecule has 1 heterocycles. The maximum Gasteiger partial charge on any atom is 0.118 e. The molecular formula is C16H24O2. The number of aliphatic hydroxyl groups excluding tert-OH is 1. The number of hydrogen-bond acceptors (Lipinski definition) is 2. The lowest BCUT2D eigenvalue weighted by Crippen LogP contribution is -2.53. The fourth-order valence-electron chi connectivity index (χ4n) is 4.23. The summed E-state index contributed by atoms with van der Waals surface area (Å²) in [5.74, 6) is 2.60. The number of ether oxygens (including phenoxy) is 1. The van der Waals surface area contributed by atoms with Crippen LogP contribution in [0.25, 0.3) is 0 Å².